The van der Waals surface area contributed by atoms with Crippen molar-refractivity contribution in [3.63, 3.8) is 0 Å². The molecule has 106 valence electrons. The van der Waals surface area contributed by atoms with Gasteiger partial charge in [-0.2, -0.15) is 0 Å². The maximum Gasteiger partial charge on any atom is 0.123 e. The zero-order chi connectivity index (χ0) is 14.5. The molecule has 1 nitrogen and oxygen atoms in total. The van der Waals surface area contributed by atoms with Crippen molar-refractivity contribution in [2.24, 2.45) is 0 Å². The standard InChI is InChI=1S/C18H22FN/c1-4-14-5-7-15(8-6-14)11-18(20-3)16-9-13(2)10-17(19)12-16/h5-10,12,18,20H,4,11H2,1-3H3. The van der Waals surface area contributed by atoms with Crippen LogP contribution in [0.4, 0.5) is 4.39 Å². The third kappa shape index (κ3) is 3.67. The van der Waals surface area contributed by atoms with Gasteiger partial charge in [0.1, 0.15) is 5.82 Å². The van der Waals surface area contributed by atoms with Crippen LogP contribution in [0.25, 0.3) is 0 Å². The predicted octanol–water partition coefficient (Wildman–Crippen LogP) is 4.20. The van der Waals surface area contributed by atoms with Crippen molar-refractivity contribution in [3.05, 3.63) is 70.5 Å². The fraction of sp³-hybridized carbons (Fsp3) is 0.333. The Morgan fingerprint density at radius 3 is 2.25 bits per heavy atom. The van der Waals surface area contributed by atoms with Crippen LogP contribution in [-0.2, 0) is 12.8 Å². The highest BCUT2D eigenvalue weighted by Crippen LogP contribution is 2.21. The fourth-order valence-electron chi connectivity index (χ4n) is 2.50. The Labute approximate surface area is 120 Å². The molecule has 1 N–H and O–H groups in total. The molecule has 2 aromatic carbocycles. The van der Waals surface area contributed by atoms with Gasteiger partial charge >= 0.3 is 0 Å². The van der Waals surface area contributed by atoms with Crippen LogP contribution in [0.3, 0.4) is 0 Å². The molecule has 0 amide bonds. The second-order valence-electron chi connectivity index (χ2n) is 5.28. The van der Waals surface area contributed by atoms with Gasteiger partial charge in [0.05, 0.1) is 0 Å². The third-order valence-electron chi connectivity index (χ3n) is 3.69. The molecule has 1 unspecified atom stereocenters. The second-order valence-corrected chi connectivity index (χ2v) is 5.28. The van der Waals surface area contributed by atoms with Gasteiger partial charge in [0.25, 0.3) is 0 Å². The molecule has 2 heteroatoms. The van der Waals surface area contributed by atoms with E-state index >= 15 is 0 Å². The summed E-state index contributed by atoms with van der Waals surface area (Å²) in [4.78, 5) is 0. The van der Waals surface area contributed by atoms with Crippen LogP contribution in [0.5, 0.6) is 0 Å². The lowest BCUT2D eigenvalue weighted by Crippen LogP contribution is -2.19. The zero-order valence-electron chi connectivity index (χ0n) is 12.4. The summed E-state index contributed by atoms with van der Waals surface area (Å²) < 4.78 is 13.5. The summed E-state index contributed by atoms with van der Waals surface area (Å²) in [5.41, 5.74) is 4.57. The smallest absolute Gasteiger partial charge is 0.123 e. The zero-order valence-corrected chi connectivity index (χ0v) is 12.4. The van der Waals surface area contributed by atoms with Crippen molar-refractivity contribution in [2.45, 2.75) is 32.7 Å². The minimum absolute atomic E-state index is 0.136. The summed E-state index contributed by atoms with van der Waals surface area (Å²) in [5.74, 6) is -0.165. The van der Waals surface area contributed by atoms with E-state index in [1.165, 1.54) is 11.1 Å². The number of likely N-dealkylation sites (N-methyl/N-ethyl adjacent to an activating group) is 1. The molecule has 0 saturated heterocycles. The van der Waals surface area contributed by atoms with Gasteiger partial charge in [-0.25, -0.2) is 4.39 Å². The van der Waals surface area contributed by atoms with Crippen molar-refractivity contribution in [2.75, 3.05) is 7.05 Å². The third-order valence-corrected chi connectivity index (χ3v) is 3.69. The summed E-state index contributed by atoms with van der Waals surface area (Å²) >= 11 is 0. The van der Waals surface area contributed by atoms with E-state index in [2.05, 4.69) is 36.5 Å². The van der Waals surface area contributed by atoms with Crippen molar-refractivity contribution in [1.82, 2.24) is 5.32 Å². The largest absolute Gasteiger partial charge is 0.313 e. The van der Waals surface area contributed by atoms with E-state index in [1.54, 1.807) is 12.1 Å². The molecule has 0 aliphatic rings. The van der Waals surface area contributed by atoms with Gasteiger partial charge in [0.15, 0.2) is 0 Å². The summed E-state index contributed by atoms with van der Waals surface area (Å²) in [6.45, 7) is 4.08. The molecule has 0 bridgehead atoms. The van der Waals surface area contributed by atoms with Crippen LogP contribution in [-0.4, -0.2) is 7.05 Å². The molecular formula is C18H22FN. The lowest BCUT2D eigenvalue weighted by atomic mass is 9.97. The van der Waals surface area contributed by atoms with Crippen molar-refractivity contribution in [3.8, 4) is 0 Å². The highest BCUT2D eigenvalue weighted by molar-refractivity contribution is 5.29. The Hall–Kier alpha value is -1.67. The molecule has 0 saturated carbocycles. The van der Waals surface area contributed by atoms with Crippen molar-refractivity contribution >= 4 is 0 Å². The average Bonchev–Trinajstić information content (AvgIpc) is 2.44. The molecular weight excluding hydrogens is 249 g/mol. The Balaban J connectivity index is 2.19. The minimum atomic E-state index is -0.165. The molecule has 2 aromatic rings. The number of benzene rings is 2. The normalized spacial score (nSPS) is 12.4. The number of nitrogens with one attached hydrogen (secondary N) is 1. The Bertz CT molecular complexity index is 540. The SMILES string of the molecule is CCc1ccc(CC(NC)c2cc(C)cc(F)c2)cc1. The van der Waals surface area contributed by atoms with Crippen molar-refractivity contribution in [1.29, 1.82) is 0 Å². The maximum atomic E-state index is 13.5. The van der Waals surface area contributed by atoms with E-state index in [1.807, 2.05) is 20.0 Å². The molecule has 2 rings (SSSR count). The van der Waals surface area contributed by atoms with Crippen LogP contribution in [0.15, 0.2) is 42.5 Å². The van der Waals surface area contributed by atoms with E-state index in [0.717, 1.165) is 24.0 Å². The number of aryl methyl sites for hydroxylation is 2. The number of hydrogen-bond acceptors (Lipinski definition) is 1. The molecule has 20 heavy (non-hydrogen) atoms. The lowest BCUT2D eigenvalue weighted by Gasteiger charge is -2.18. The van der Waals surface area contributed by atoms with Gasteiger partial charge in [-0.1, -0.05) is 37.3 Å². The van der Waals surface area contributed by atoms with Gasteiger partial charge < -0.3 is 5.32 Å². The van der Waals surface area contributed by atoms with E-state index < -0.39 is 0 Å². The second kappa shape index (κ2) is 6.67. The molecule has 0 aliphatic heterocycles. The van der Waals surface area contributed by atoms with E-state index in [9.17, 15) is 4.39 Å². The van der Waals surface area contributed by atoms with Crippen LogP contribution >= 0.6 is 0 Å². The van der Waals surface area contributed by atoms with Crippen LogP contribution < -0.4 is 5.32 Å². The molecule has 0 fully saturated rings. The summed E-state index contributed by atoms with van der Waals surface area (Å²) in [6, 6.07) is 14.0. The highest BCUT2D eigenvalue weighted by Gasteiger charge is 2.11. The molecule has 0 spiro atoms. The number of hydrogen-bond donors (Lipinski definition) is 1. The van der Waals surface area contributed by atoms with E-state index in [0.29, 0.717) is 0 Å². The predicted molar refractivity (Wildman–Crippen MR) is 82.5 cm³/mol. The molecule has 0 aromatic heterocycles. The summed E-state index contributed by atoms with van der Waals surface area (Å²) in [5, 5.41) is 3.28. The van der Waals surface area contributed by atoms with Gasteiger partial charge in [-0.05, 0) is 61.2 Å². The summed E-state index contributed by atoms with van der Waals surface area (Å²) in [6.07, 6.45) is 1.92. The minimum Gasteiger partial charge on any atom is -0.313 e. The first-order valence-corrected chi connectivity index (χ1v) is 7.14. The molecule has 1 atom stereocenters. The molecule has 0 radical (unpaired) electrons. The topological polar surface area (TPSA) is 12.0 Å². The summed E-state index contributed by atoms with van der Waals surface area (Å²) in [7, 11) is 1.92. The lowest BCUT2D eigenvalue weighted by molar-refractivity contribution is 0.576. The Morgan fingerprint density at radius 2 is 1.70 bits per heavy atom. The quantitative estimate of drug-likeness (QED) is 0.859. The van der Waals surface area contributed by atoms with Crippen LogP contribution in [0.2, 0.25) is 0 Å². The highest BCUT2D eigenvalue weighted by atomic mass is 19.1. The molecule has 0 heterocycles. The first-order chi connectivity index (χ1) is 9.62. The van der Waals surface area contributed by atoms with Gasteiger partial charge in [0.2, 0.25) is 0 Å². The Morgan fingerprint density at radius 1 is 1.05 bits per heavy atom. The van der Waals surface area contributed by atoms with Gasteiger partial charge in [-0.15, -0.1) is 0 Å². The van der Waals surface area contributed by atoms with E-state index in [-0.39, 0.29) is 11.9 Å². The van der Waals surface area contributed by atoms with Gasteiger partial charge in [-0.3, -0.25) is 0 Å². The fourth-order valence-corrected chi connectivity index (χ4v) is 2.50. The van der Waals surface area contributed by atoms with E-state index in [4.69, 9.17) is 0 Å². The van der Waals surface area contributed by atoms with Crippen molar-refractivity contribution < 1.29 is 4.39 Å². The van der Waals surface area contributed by atoms with Crippen LogP contribution in [0, 0.1) is 12.7 Å². The Kier molecular flexibility index (Phi) is 4.91. The first-order valence-electron chi connectivity index (χ1n) is 7.14. The van der Waals surface area contributed by atoms with Gasteiger partial charge in [0, 0.05) is 6.04 Å². The first kappa shape index (κ1) is 14.7. The average molecular weight is 271 g/mol. The maximum absolute atomic E-state index is 13.5. The monoisotopic (exact) mass is 271 g/mol. The van der Waals surface area contributed by atoms with Crippen LogP contribution in [0.1, 0.15) is 35.2 Å². The molecule has 0 aliphatic carbocycles. The number of halogens is 1. The number of rotatable bonds is 5.